The highest BCUT2D eigenvalue weighted by Gasteiger charge is 2.35. The fourth-order valence-electron chi connectivity index (χ4n) is 4.73. The quantitative estimate of drug-likeness (QED) is 0.657. The van der Waals surface area contributed by atoms with E-state index in [0.717, 1.165) is 36.8 Å². The third-order valence-corrected chi connectivity index (χ3v) is 7.02. The Morgan fingerprint density at radius 1 is 1.29 bits per heavy atom. The van der Waals surface area contributed by atoms with Gasteiger partial charge in [-0.2, -0.15) is 0 Å². The summed E-state index contributed by atoms with van der Waals surface area (Å²) in [6.45, 7) is 4.41. The number of carbonyl (C=O) groups is 2. The van der Waals surface area contributed by atoms with Gasteiger partial charge in [-0.25, -0.2) is 9.78 Å². The summed E-state index contributed by atoms with van der Waals surface area (Å²) in [4.78, 5) is 38.2. The van der Waals surface area contributed by atoms with Gasteiger partial charge in [0.05, 0.1) is 19.2 Å². The molecule has 3 atom stereocenters. The number of likely N-dealkylation sites (N-methyl/N-ethyl adjacent to an activating group) is 1. The summed E-state index contributed by atoms with van der Waals surface area (Å²) in [7, 11) is 1.76. The Bertz CT molecular complexity index is 1030. The molecule has 0 unspecified atom stereocenters. The molecule has 2 aromatic rings. The summed E-state index contributed by atoms with van der Waals surface area (Å²) in [6, 6.07) is 5.23. The fourth-order valence-corrected chi connectivity index (χ4v) is 4.73. The number of pyridine rings is 2. The second-order valence-corrected chi connectivity index (χ2v) is 9.75. The van der Waals surface area contributed by atoms with Crippen LogP contribution in [0.4, 0.5) is 4.79 Å². The summed E-state index contributed by atoms with van der Waals surface area (Å²) in [5.74, 6) is -0.0869. The van der Waals surface area contributed by atoms with Crippen LogP contribution in [-0.2, 0) is 0 Å². The van der Waals surface area contributed by atoms with Crippen LogP contribution >= 0.6 is 0 Å². The molecule has 9 heteroatoms. The summed E-state index contributed by atoms with van der Waals surface area (Å²) >= 11 is 0. The number of carbonyl (C=O) groups excluding carboxylic acids is 2. The number of ether oxygens (including phenoxy) is 1. The second-order valence-electron chi connectivity index (χ2n) is 9.75. The molecule has 0 radical (unpaired) electrons. The van der Waals surface area contributed by atoms with Crippen LogP contribution in [0.2, 0.25) is 0 Å². The molecule has 1 aliphatic carbocycles. The van der Waals surface area contributed by atoms with Crippen molar-refractivity contribution in [1.29, 1.82) is 0 Å². The summed E-state index contributed by atoms with van der Waals surface area (Å²) in [5.41, 5.74) is 2.01. The smallest absolute Gasteiger partial charge is 0.317 e. The van der Waals surface area contributed by atoms with Crippen LogP contribution in [-0.4, -0.2) is 81.7 Å². The highest BCUT2D eigenvalue weighted by atomic mass is 16.5. The van der Waals surface area contributed by atoms with Gasteiger partial charge in [-0.15, -0.1) is 0 Å². The number of rotatable bonds is 6. The second kappa shape index (κ2) is 11.0. The molecule has 2 aromatic heterocycles. The molecule has 2 N–H and O–H groups in total. The fraction of sp³-hybridized carbons (Fsp3) is 0.538. The van der Waals surface area contributed by atoms with Crippen molar-refractivity contribution < 1.29 is 19.4 Å². The van der Waals surface area contributed by atoms with Gasteiger partial charge in [0, 0.05) is 49.7 Å². The van der Waals surface area contributed by atoms with Crippen molar-refractivity contribution in [3.8, 4) is 17.0 Å². The lowest BCUT2D eigenvalue weighted by Gasteiger charge is -2.37. The monoisotopic (exact) mass is 481 g/mol. The molecule has 0 aromatic carbocycles. The van der Waals surface area contributed by atoms with Crippen LogP contribution in [0.5, 0.6) is 5.88 Å². The van der Waals surface area contributed by atoms with E-state index in [9.17, 15) is 14.7 Å². The topological polar surface area (TPSA) is 108 Å². The van der Waals surface area contributed by atoms with Crippen molar-refractivity contribution >= 4 is 11.9 Å². The normalized spacial score (nSPS) is 21.5. The first-order valence-electron chi connectivity index (χ1n) is 12.4. The van der Waals surface area contributed by atoms with Crippen LogP contribution in [0.15, 0.2) is 36.8 Å². The number of aliphatic hydroxyl groups is 1. The van der Waals surface area contributed by atoms with E-state index in [0.29, 0.717) is 18.7 Å². The van der Waals surface area contributed by atoms with E-state index in [2.05, 4.69) is 15.3 Å². The summed E-state index contributed by atoms with van der Waals surface area (Å²) < 4.78 is 6.31. The molecule has 9 nitrogen and oxygen atoms in total. The summed E-state index contributed by atoms with van der Waals surface area (Å²) in [6.07, 6.45) is 9.01. The largest absolute Gasteiger partial charge is 0.472 e. The Morgan fingerprint density at radius 2 is 2.00 bits per heavy atom. The third kappa shape index (κ3) is 5.73. The van der Waals surface area contributed by atoms with Crippen molar-refractivity contribution in [1.82, 2.24) is 25.1 Å². The molecule has 2 aliphatic rings. The number of hydrogen-bond acceptors (Lipinski definition) is 6. The van der Waals surface area contributed by atoms with Gasteiger partial charge in [-0.3, -0.25) is 9.78 Å². The Labute approximate surface area is 206 Å². The molecule has 1 saturated carbocycles. The summed E-state index contributed by atoms with van der Waals surface area (Å²) in [5, 5.41) is 13.0. The maximum atomic E-state index is 13.6. The van der Waals surface area contributed by atoms with Gasteiger partial charge in [0.1, 0.15) is 11.7 Å². The molecule has 0 bridgehead atoms. The number of nitrogens with one attached hydrogen (secondary N) is 1. The van der Waals surface area contributed by atoms with Crippen molar-refractivity contribution in [3.05, 3.63) is 42.4 Å². The Balaban J connectivity index is 1.61. The predicted molar refractivity (Wildman–Crippen MR) is 132 cm³/mol. The highest BCUT2D eigenvalue weighted by Crippen LogP contribution is 2.30. The lowest BCUT2D eigenvalue weighted by molar-refractivity contribution is 0.0351. The van der Waals surface area contributed by atoms with Crippen molar-refractivity contribution in [2.24, 2.45) is 5.92 Å². The molecule has 3 amide bonds. The van der Waals surface area contributed by atoms with Crippen LogP contribution in [0.1, 0.15) is 49.9 Å². The molecule has 0 saturated heterocycles. The predicted octanol–water partition coefficient (Wildman–Crippen LogP) is 2.95. The zero-order valence-electron chi connectivity index (χ0n) is 20.7. The van der Waals surface area contributed by atoms with Crippen LogP contribution in [0, 0.1) is 5.92 Å². The van der Waals surface area contributed by atoms with Gasteiger partial charge in [-0.1, -0.05) is 19.8 Å². The van der Waals surface area contributed by atoms with Crippen LogP contribution < -0.4 is 10.1 Å². The van der Waals surface area contributed by atoms with E-state index in [1.165, 1.54) is 0 Å². The first kappa shape index (κ1) is 24.9. The number of aliphatic hydroxyl groups excluding tert-OH is 1. The molecule has 0 spiro atoms. The minimum Gasteiger partial charge on any atom is -0.472 e. The SMILES string of the molecule is C[C@H](CO)N1C[C@H](C)[C@H](CN(C)C(=O)NC2CCCC2)Oc2ncc(-c3ccncc3)cc2C1=O. The van der Waals surface area contributed by atoms with E-state index in [1.807, 2.05) is 26.0 Å². The van der Waals surface area contributed by atoms with Crippen molar-refractivity contribution in [3.63, 3.8) is 0 Å². The molecular weight excluding hydrogens is 446 g/mol. The molecular formula is C26H35N5O4. The van der Waals surface area contributed by atoms with Gasteiger partial charge >= 0.3 is 6.03 Å². The van der Waals surface area contributed by atoms with Crippen LogP contribution in [0.3, 0.4) is 0 Å². The van der Waals surface area contributed by atoms with Gasteiger partial charge in [0.2, 0.25) is 5.88 Å². The minimum absolute atomic E-state index is 0.0931. The molecule has 1 fully saturated rings. The molecule has 35 heavy (non-hydrogen) atoms. The van der Waals surface area contributed by atoms with Gasteiger partial charge < -0.3 is 25.0 Å². The van der Waals surface area contributed by atoms with Gasteiger partial charge in [0.15, 0.2) is 0 Å². The average Bonchev–Trinajstić information content (AvgIpc) is 3.39. The number of nitrogens with zero attached hydrogens (tertiary/aromatic N) is 4. The first-order valence-corrected chi connectivity index (χ1v) is 12.4. The van der Waals surface area contributed by atoms with E-state index in [-0.39, 0.29) is 48.5 Å². The Kier molecular flexibility index (Phi) is 7.85. The van der Waals surface area contributed by atoms with E-state index in [4.69, 9.17) is 4.74 Å². The number of urea groups is 1. The van der Waals surface area contributed by atoms with E-state index < -0.39 is 0 Å². The van der Waals surface area contributed by atoms with Gasteiger partial charge in [-0.05, 0) is 43.5 Å². The maximum absolute atomic E-state index is 13.6. The molecule has 1 aliphatic heterocycles. The first-order chi connectivity index (χ1) is 16.9. The average molecular weight is 482 g/mol. The lowest BCUT2D eigenvalue weighted by Crippen LogP contribution is -2.52. The zero-order valence-corrected chi connectivity index (χ0v) is 20.7. The highest BCUT2D eigenvalue weighted by molar-refractivity contribution is 5.98. The van der Waals surface area contributed by atoms with Crippen molar-refractivity contribution in [2.75, 3.05) is 26.7 Å². The number of aromatic nitrogens is 2. The molecule has 4 rings (SSSR count). The third-order valence-electron chi connectivity index (χ3n) is 7.02. The number of fused-ring (bicyclic) bond motifs is 1. The minimum atomic E-state index is -0.381. The standard InChI is InChI=1S/C26H35N5O4/c1-17-14-31(18(2)16-32)25(33)22-12-20(19-8-10-27-11-9-19)13-28-24(22)35-23(17)15-30(3)26(34)29-21-6-4-5-7-21/h8-13,17-18,21,23,32H,4-7,14-16H2,1-3H3,(H,29,34)/t17-,18+,23-/m0/s1. The van der Waals surface area contributed by atoms with E-state index >= 15 is 0 Å². The maximum Gasteiger partial charge on any atom is 0.317 e. The number of amides is 3. The number of hydrogen-bond donors (Lipinski definition) is 2. The Morgan fingerprint density at radius 3 is 2.69 bits per heavy atom. The van der Waals surface area contributed by atoms with E-state index in [1.54, 1.807) is 41.5 Å². The van der Waals surface area contributed by atoms with Gasteiger partial charge in [0.25, 0.3) is 5.91 Å². The molecule has 188 valence electrons. The van der Waals surface area contributed by atoms with Crippen LogP contribution in [0.25, 0.3) is 11.1 Å². The Hall–Kier alpha value is -3.20. The van der Waals surface area contributed by atoms with Crippen molar-refractivity contribution in [2.45, 2.75) is 57.7 Å². The lowest BCUT2D eigenvalue weighted by atomic mass is 9.99. The zero-order chi connectivity index (χ0) is 24.9. The molecule has 3 heterocycles.